The number of amides is 2. The summed E-state index contributed by atoms with van der Waals surface area (Å²) in [6, 6.07) is 6.75. The van der Waals surface area contributed by atoms with Gasteiger partial charge >= 0.3 is 0 Å². The summed E-state index contributed by atoms with van der Waals surface area (Å²) >= 11 is 6.05. The maximum absolute atomic E-state index is 12.4. The first kappa shape index (κ1) is 20.9. The normalized spacial score (nSPS) is 13.0. The number of carbonyl (C=O) groups is 2. The quantitative estimate of drug-likeness (QED) is 0.471. The number of amidine groups is 1. The molecule has 3 rings (SSSR count). The summed E-state index contributed by atoms with van der Waals surface area (Å²) in [4.78, 5) is 29.1. The SMILES string of the molecule is Cc1c(NC(=O)c2ccccc2Cl)n[nH]c1C(=O)NCCCCCC1=NCCN1. The second-order valence-corrected chi connectivity index (χ2v) is 7.24. The van der Waals surface area contributed by atoms with Crippen LogP contribution in [0.5, 0.6) is 0 Å². The third-order valence-electron chi connectivity index (χ3n) is 4.71. The van der Waals surface area contributed by atoms with Crippen molar-refractivity contribution in [2.24, 2.45) is 4.99 Å². The molecular weight excluding hydrogens is 392 g/mol. The molecule has 0 unspecified atom stereocenters. The number of rotatable bonds is 9. The van der Waals surface area contributed by atoms with E-state index in [2.05, 4.69) is 31.1 Å². The lowest BCUT2D eigenvalue weighted by Gasteiger charge is -2.06. The molecule has 0 saturated carbocycles. The van der Waals surface area contributed by atoms with E-state index in [4.69, 9.17) is 11.6 Å². The molecule has 0 fully saturated rings. The van der Waals surface area contributed by atoms with Gasteiger partial charge in [0, 0.05) is 25.1 Å². The van der Waals surface area contributed by atoms with Crippen molar-refractivity contribution in [2.75, 3.05) is 25.0 Å². The Balaban J connectivity index is 1.45. The molecule has 2 heterocycles. The van der Waals surface area contributed by atoms with Gasteiger partial charge in [-0.1, -0.05) is 30.2 Å². The van der Waals surface area contributed by atoms with Gasteiger partial charge in [0.15, 0.2) is 5.82 Å². The van der Waals surface area contributed by atoms with Crippen molar-refractivity contribution in [1.29, 1.82) is 0 Å². The lowest BCUT2D eigenvalue weighted by atomic mass is 10.1. The minimum Gasteiger partial charge on any atom is -0.372 e. The van der Waals surface area contributed by atoms with Crippen molar-refractivity contribution in [2.45, 2.75) is 32.6 Å². The predicted molar refractivity (Wildman–Crippen MR) is 114 cm³/mol. The Morgan fingerprint density at radius 2 is 2.00 bits per heavy atom. The predicted octanol–water partition coefficient (Wildman–Crippen LogP) is 2.92. The molecule has 2 amide bonds. The van der Waals surface area contributed by atoms with Crippen molar-refractivity contribution < 1.29 is 9.59 Å². The van der Waals surface area contributed by atoms with Crippen LogP contribution in [0.2, 0.25) is 5.02 Å². The molecule has 8 nitrogen and oxygen atoms in total. The molecule has 1 aromatic carbocycles. The van der Waals surface area contributed by atoms with E-state index in [-0.39, 0.29) is 11.8 Å². The number of nitrogens with zero attached hydrogens (tertiary/aromatic N) is 2. The van der Waals surface area contributed by atoms with Crippen molar-refractivity contribution in [3.63, 3.8) is 0 Å². The largest absolute Gasteiger partial charge is 0.372 e. The van der Waals surface area contributed by atoms with Crippen molar-refractivity contribution in [3.8, 4) is 0 Å². The molecule has 0 atom stereocenters. The van der Waals surface area contributed by atoms with Crippen molar-refractivity contribution in [3.05, 3.63) is 46.1 Å². The highest BCUT2D eigenvalue weighted by Crippen LogP contribution is 2.19. The molecular formula is C20H25ClN6O2. The summed E-state index contributed by atoms with van der Waals surface area (Å²) in [5.74, 6) is 0.784. The number of hydrogen-bond acceptors (Lipinski definition) is 5. The first-order chi connectivity index (χ1) is 14.1. The van der Waals surface area contributed by atoms with Crippen LogP contribution < -0.4 is 16.0 Å². The number of hydrogen-bond donors (Lipinski definition) is 4. The fourth-order valence-electron chi connectivity index (χ4n) is 3.06. The Bertz CT molecular complexity index is 908. The molecule has 9 heteroatoms. The zero-order valence-corrected chi connectivity index (χ0v) is 17.1. The molecule has 29 heavy (non-hydrogen) atoms. The topological polar surface area (TPSA) is 111 Å². The number of benzene rings is 1. The zero-order chi connectivity index (χ0) is 20.6. The highest BCUT2D eigenvalue weighted by atomic mass is 35.5. The molecule has 0 bridgehead atoms. The molecule has 0 spiro atoms. The standard InChI is InChI=1S/C20H25ClN6O2/c1-13-17(20(29)24-10-6-2-3-9-16-22-11-12-23-16)26-27-18(13)25-19(28)14-7-4-5-8-15(14)21/h4-5,7-8H,2-3,6,9-12H2,1H3,(H,22,23)(H,24,29)(H2,25,26,27,28). The minimum atomic E-state index is -0.376. The summed E-state index contributed by atoms with van der Waals surface area (Å²) in [6.07, 6.45) is 3.91. The summed E-state index contributed by atoms with van der Waals surface area (Å²) < 4.78 is 0. The number of halogens is 1. The molecule has 1 aliphatic rings. The zero-order valence-electron chi connectivity index (χ0n) is 16.3. The van der Waals surface area contributed by atoms with Gasteiger partial charge in [-0.3, -0.25) is 19.7 Å². The number of aromatic amines is 1. The third kappa shape index (κ3) is 5.57. The number of carbonyl (C=O) groups excluding carboxylic acids is 2. The Labute approximate surface area is 174 Å². The maximum Gasteiger partial charge on any atom is 0.269 e. The first-order valence-electron chi connectivity index (χ1n) is 9.72. The summed E-state index contributed by atoms with van der Waals surface area (Å²) in [7, 11) is 0. The molecule has 154 valence electrons. The van der Waals surface area contributed by atoms with Crippen LogP contribution in [0.25, 0.3) is 0 Å². The van der Waals surface area contributed by atoms with Gasteiger partial charge in [0.1, 0.15) is 5.69 Å². The van der Waals surface area contributed by atoms with Gasteiger partial charge in [-0.05, 0) is 31.9 Å². The number of aromatic nitrogens is 2. The van der Waals surface area contributed by atoms with E-state index in [0.717, 1.165) is 44.6 Å². The monoisotopic (exact) mass is 416 g/mol. The second-order valence-electron chi connectivity index (χ2n) is 6.83. The van der Waals surface area contributed by atoms with Gasteiger partial charge in [-0.2, -0.15) is 5.10 Å². The van der Waals surface area contributed by atoms with E-state index < -0.39 is 0 Å². The maximum atomic E-state index is 12.4. The van der Waals surface area contributed by atoms with Crippen LogP contribution in [-0.4, -0.2) is 47.5 Å². The fraction of sp³-hybridized carbons (Fsp3) is 0.400. The fourth-order valence-corrected chi connectivity index (χ4v) is 3.28. The van der Waals surface area contributed by atoms with Gasteiger partial charge in [0.2, 0.25) is 0 Å². The van der Waals surface area contributed by atoms with Crippen LogP contribution in [0.15, 0.2) is 29.3 Å². The number of unbranched alkanes of at least 4 members (excludes halogenated alkanes) is 2. The van der Waals surface area contributed by atoms with E-state index in [1.165, 1.54) is 0 Å². The smallest absolute Gasteiger partial charge is 0.269 e. The third-order valence-corrected chi connectivity index (χ3v) is 5.04. The number of H-pyrrole nitrogens is 1. The van der Waals surface area contributed by atoms with Crippen LogP contribution in [-0.2, 0) is 0 Å². The highest BCUT2D eigenvalue weighted by molar-refractivity contribution is 6.34. The van der Waals surface area contributed by atoms with Crippen LogP contribution in [0.4, 0.5) is 5.82 Å². The first-order valence-corrected chi connectivity index (χ1v) is 10.1. The molecule has 0 saturated heterocycles. The molecule has 2 aromatic rings. The summed E-state index contributed by atoms with van der Waals surface area (Å²) in [5, 5.41) is 15.9. The van der Waals surface area contributed by atoms with E-state index >= 15 is 0 Å². The van der Waals surface area contributed by atoms with Gasteiger partial charge in [0.25, 0.3) is 11.8 Å². The van der Waals surface area contributed by atoms with Gasteiger partial charge in [-0.25, -0.2) is 0 Å². The number of anilines is 1. The van der Waals surface area contributed by atoms with Crippen molar-refractivity contribution >= 4 is 35.1 Å². The van der Waals surface area contributed by atoms with Gasteiger partial charge in [0.05, 0.1) is 23.0 Å². The molecule has 1 aromatic heterocycles. The molecule has 0 radical (unpaired) electrons. The average molecular weight is 417 g/mol. The molecule has 4 N–H and O–H groups in total. The lowest BCUT2D eigenvalue weighted by Crippen LogP contribution is -2.25. The minimum absolute atomic E-state index is 0.241. The highest BCUT2D eigenvalue weighted by Gasteiger charge is 2.18. The average Bonchev–Trinajstić information content (AvgIpc) is 3.35. The van der Waals surface area contributed by atoms with Crippen molar-refractivity contribution in [1.82, 2.24) is 20.8 Å². The summed E-state index contributed by atoms with van der Waals surface area (Å²) in [6.45, 7) is 4.12. The molecule has 1 aliphatic heterocycles. The Hall–Kier alpha value is -2.87. The Morgan fingerprint density at radius 3 is 2.76 bits per heavy atom. The Morgan fingerprint density at radius 1 is 1.17 bits per heavy atom. The number of aliphatic imine (C=N–C) groups is 1. The van der Waals surface area contributed by atoms with Crippen LogP contribution in [0.3, 0.4) is 0 Å². The Kier molecular flexibility index (Phi) is 7.24. The summed E-state index contributed by atoms with van der Waals surface area (Å²) in [5.41, 5.74) is 1.26. The van der Waals surface area contributed by atoms with Gasteiger partial charge < -0.3 is 16.0 Å². The van der Waals surface area contributed by atoms with E-state index in [9.17, 15) is 9.59 Å². The van der Waals surface area contributed by atoms with Crippen LogP contribution in [0, 0.1) is 6.92 Å². The molecule has 0 aliphatic carbocycles. The second kappa shape index (κ2) is 10.1. The van der Waals surface area contributed by atoms with Crippen LogP contribution >= 0.6 is 11.6 Å². The number of nitrogens with one attached hydrogen (secondary N) is 4. The van der Waals surface area contributed by atoms with E-state index in [1.807, 2.05) is 0 Å². The van der Waals surface area contributed by atoms with Gasteiger partial charge in [-0.15, -0.1) is 0 Å². The van der Waals surface area contributed by atoms with E-state index in [1.54, 1.807) is 31.2 Å². The van der Waals surface area contributed by atoms with Crippen LogP contribution in [0.1, 0.15) is 52.1 Å². The van der Waals surface area contributed by atoms with E-state index in [0.29, 0.717) is 34.2 Å². The lowest BCUT2D eigenvalue weighted by molar-refractivity contribution is 0.0946.